The molecule has 3 rings (SSSR count). The number of amides is 3. The first-order valence-corrected chi connectivity index (χ1v) is 9.95. The second-order valence-corrected chi connectivity index (χ2v) is 7.23. The number of carbonyl (C=O) groups is 2. The van der Waals surface area contributed by atoms with Crippen LogP contribution in [0, 0.1) is 0 Å². The molecule has 1 fully saturated rings. The fourth-order valence-electron chi connectivity index (χ4n) is 3.71. The number of halogens is 1. The molecule has 0 aliphatic carbocycles. The zero-order valence-electron chi connectivity index (χ0n) is 16.8. The number of ether oxygens (including phenoxy) is 1. The van der Waals surface area contributed by atoms with Gasteiger partial charge in [0.2, 0.25) is 5.91 Å². The third kappa shape index (κ3) is 6.37. The molecule has 1 heterocycles. The van der Waals surface area contributed by atoms with Crippen LogP contribution in [0.5, 0.6) is 11.5 Å². The maximum absolute atomic E-state index is 13.0. The van der Waals surface area contributed by atoms with Gasteiger partial charge in [0.1, 0.15) is 11.5 Å². The molecule has 2 aromatic carbocycles. The molecule has 2 unspecified atom stereocenters. The van der Waals surface area contributed by atoms with Crippen molar-refractivity contribution < 1.29 is 14.3 Å². The van der Waals surface area contributed by atoms with Crippen molar-refractivity contribution >= 4 is 24.3 Å². The summed E-state index contributed by atoms with van der Waals surface area (Å²) in [4.78, 5) is 26.4. The number of nitrogens with zero attached hydrogens (tertiary/aromatic N) is 1. The Morgan fingerprint density at radius 3 is 2.53 bits per heavy atom. The number of para-hydroxylation sites is 1. The van der Waals surface area contributed by atoms with Crippen molar-refractivity contribution in [1.82, 2.24) is 10.2 Å². The lowest BCUT2D eigenvalue weighted by atomic mass is 9.98. The maximum Gasteiger partial charge on any atom is 0.312 e. The van der Waals surface area contributed by atoms with Gasteiger partial charge in [-0.05, 0) is 49.1 Å². The van der Waals surface area contributed by atoms with Crippen LogP contribution in [0.2, 0.25) is 0 Å². The number of benzene rings is 2. The lowest BCUT2D eigenvalue weighted by Crippen LogP contribution is -2.48. The number of carbonyl (C=O) groups excluding carboxylic acids is 2. The molecule has 8 heteroatoms. The lowest BCUT2D eigenvalue weighted by molar-refractivity contribution is -0.135. The topological polar surface area (TPSA) is 111 Å². The van der Waals surface area contributed by atoms with Crippen LogP contribution < -0.4 is 21.5 Å². The molecule has 30 heavy (non-hydrogen) atoms. The zero-order chi connectivity index (χ0) is 20.6. The van der Waals surface area contributed by atoms with Gasteiger partial charge in [0.15, 0.2) is 0 Å². The highest BCUT2D eigenvalue weighted by Crippen LogP contribution is 2.27. The van der Waals surface area contributed by atoms with Gasteiger partial charge < -0.3 is 26.4 Å². The minimum Gasteiger partial charge on any atom is -0.457 e. The molecule has 0 spiro atoms. The number of rotatable bonds is 7. The summed E-state index contributed by atoms with van der Waals surface area (Å²) in [6, 6.07) is 15.6. The normalized spacial score (nSPS) is 16.8. The van der Waals surface area contributed by atoms with Crippen LogP contribution in [0.3, 0.4) is 0 Å². The van der Waals surface area contributed by atoms with Gasteiger partial charge in [-0.2, -0.15) is 0 Å². The standard InChI is InChI=1S/C22H28N4O3.ClH/c23-15-17-8-4-5-12-26(17)21(27)14-20(25-22(24)28)16-7-6-11-19(13-16)29-18-9-2-1-3-10-18;/h1-3,6-7,9-11,13,17,20H,4-5,8,12,14-15,23H2,(H3,24,25,28);1H. The lowest BCUT2D eigenvalue weighted by Gasteiger charge is -2.36. The van der Waals surface area contributed by atoms with Crippen LogP contribution in [0.4, 0.5) is 4.79 Å². The minimum absolute atomic E-state index is 0. The highest BCUT2D eigenvalue weighted by Gasteiger charge is 2.28. The first-order chi connectivity index (χ1) is 14.1. The average molecular weight is 433 g/mol. The molecular formula is C22H29ClN4O3. The van der Waals surface area contributed by atoms with E-state index < -0.39 is 12.1 Å². The molecule has 5 N–H and O–H groups in total. The summed E-state index contributed by atoms with van der Waals surface area (Å²) in [7, 11) is 0. The van der Waals surface area contributed by atoms with E-state index in [4.69, 9.17) is 16.2 Å². The largest absolute Gasteiger partial charge is 0.457 e. The second kappa shape index (κ2) is 11.4. The molecule has 7 nitrogen and oxygen atoms in total. The van der Waals surface area contributed by atoms with Crippen LogP contribution in [-0.4, -0.2) is 36.0 Å². The molecule has 2 atom stereocenters. The first-order valence-electron chi connectivity index (χ1n) is 9.95. The Morgan fingerprint density at radius 2 is 1.83 bits per heavy atom. The Hall–Kier alpha value is -2.77. The molecular weight excluding hydrogens is 404 g/mol. The number of piperidine rings is 1. The van der Waals surface area contributed by atoms with Gasteiger partial charge in [-0.25, -0.2) is 4.79 Å². The predicted octanol–water partition coefficient (Wildman–Crippen LogP) is 3.34. The number of likely N-dealkylation sites (tertiary alicyclic amines) is 1. The van der Waals surface area contributed by atoms with E-state index in [9.17, 15) is 9.59 Å². The summed E-state index contributed by atoms with van der Waals surface area (Å²) in [6.45, 7) is 1.14. The SMILES string of the molecule is Cl.NCC1CCCCN1C(=O)CC(NC(N)=O)c1cccc(Oc2ccccc2)c1. The maximum atomic E-state index is 13.0. The van der Waals surface area contributed by atoms with Crippen molar-refractivity contribution in [1.29, 1.82) is 0 Å². The van der Waals surface area contributed by atoms with Crippen molar-refractivity contribution in [3.63, 3.8) is 0 Å². The average Bonchev–Trinajstić information content (AvgIpc) is 2.74. The summed E-state index contributed by atoms with van der Waals surface area (Å²) < 4.78 is 5.87. The Morgan fingerprint density at radius 1 is 1.10 bits per heavy atom. The third-order valence-corrected chi connectivity index (χ3v) is 5.15. The Kier molecular flexibility index (Phi) is 8.95. The summed E-state index contributed by atoms with van der Waals surface area (Å²) in [5.74, 6) is 1.29. The summed E-state index contributed by atoms with van der Waals surface area (Å²) in [5, 5.41) is 2.69. The highest BCUT2D eigenvalue weighted by molar-refractivity contribution is 5.85. The smallest absolute Gasteiger partial charge is 0.312 e. The number of hydrogen-bond acceptors (Lipinski definition) is 4. The molecule has 3 amide bonds. The van der Waals surface area contributed by atoms with Gasteiger partial charge in [-0.1, -0.05) is 30.3 Å². The molecule has 0 aromatic heterocycles. The van der Waals surface area contributed by atoms with E-state index in [1.54, 1.807) is 0 Å². The molecule has 1 aliphatic heterocycles. The molecule has 0 bridgehead atoms. The minimum atomic E-state index is -0.675. The van der Waals surface area contributed by atoms with E-state index in [0.29, 0.717) is 24.6 Å². The molecule has 1 aliphatic rings. The van der Waals surface area contributed by atoms with E-state index in [-0.39, 0.29) is 30.8 Å². The van der Waals surface area contributed by atoms with E-state index in [2.05, 4.69) is 5.32 Å². The van der Waals surface area contributed by atoms with Gasteiger partial charge >= 0.3 is 6.03 Å². The molecule has 0 saturated carbocycles. The fourth-order valence-corrected chi connectivity index (χ4v) is 3.71. The van der Waals surface area contributed by atoms with Crippen LogP contribution >= 0.6 is 12.4 Å². The molecule has 1 saturated heterocycles. The molecule has 162 valence electrons. The number of primary amides is 1. The highest BCUT2D eigenvalue weighted by atomic mass is 35.5. The number of nitrogens with one attached hydrogen (secondary N) is 1. The Labute approximate surface area is 183 Å². The number of hydrogen-bond donors (Lipinski definition) is 3. The predicted molar refractivity (Wildman–Crippen MR) is 119 cm³/mol. The quantitative estimate of drug-likeness (QED) is 0.623. The van der Waals surface area contributed by atoms with Crippen molar-refractivity contribution in [3.8, 4) is 11.5 Å². The van der Waals surface area contributed by atoms with E-state index >= 15 is 0 Å². The van der Waals surface area contributed by atoms with Crippen molar-refractivity contribution in [2.45, 2.75) is 37.8 Å². The zero-order valence-corrected chi connectivity index (χ0v) is 17.6. The van der Waals surface area contributed by atoms with Crippen LogP contribution in [0.25, 0.3) is 0 Å². The number of nitrogens with two attached hydrogens (primary N) is 2. The summed E-state index contributed by atoms with van der Waals surface area (Å²) in [5.41, 5.74) is 12.0. The molecule has 2 aromatic rings. The van der Waals surface area contributed by atoms with Crippen LogP contribution in [0.1, 0.15) is 37.3 Å². The van der Waals surface area contributed by atoms with Crippen molar-refractivity contribution in [3.05, 3.63) is 60.2 Å². The van der Waals surface area contributed by atoms with Crippen molar-refractivity contribution in [2.75, 3.05) is 13.1 Å². The van der Waals surface area contributed by atoms with Gasteiger partial charge in [0, 0.05) is 19.1 Å². The van der Waals surface area contributed by atoms with Crippen LogP contribution in [-0.2, 0) is 4.79 Å². The van der Waals surface area contributed by atoms with E-state index in [1.165, 1.54) is 0 Å². The van der Waals surface area contributed by atoms with Gasteiger partial charge in [0.05, 0.1) is 12.5 Å². The first kappa shape index (κ1) is 23.5. The van der Waals surface area contributed by atoms with E-state index in [0.717, 1.165) is 24.8 Å². The van der Waals surface area contributed by atoms with Gasteiger partial charge in [0.25, 0.3) is 0 Å². The fraction of sp³-hybridized carbons (Fsp3) is 0.364. The Bertz CT molecular complexity index is 834. The monoisotopic (exact) mass is 432 g/mol. The molecule has 0 radical (unpaired) electrons. The number of urea groups is 1. The van der Waals surface area contributed by atoms with Gasteiger partial charge in [-0.15, -0.1) is 12.4 Å². The Balaban J connectivity index is 0.00000320. The summed E-state index contributed by atoms with van der Waals surface area (Å²) >= 11 is 0. The van der Waals surface area contributed by atoms with Gasteiger partial charge in [-0.3, -0.25) is 4.79 Å². The van der Waals surface area contributed by atoms with Crippen LogP contribution in [0.15, 0.2) is 54.6 Å². The van der Waals surface area contributed by atoms with E-state index in [1.807, 2.05) is 59.5 Å². The summed E-state index contributed by atoms with van der Waals surface area (Å²) in [6.07, 6.45) is 3.08. The third-order valence-electron chi connectivity index (χ3n) is 5.15. The second-order valence-electron chi connectivity index (χ2n) is 7.23. The van der Waals surface area contributed by atoms with Crippen molar-refractivity contribution in [2.24, 2.45) is 11.5 Å².